The molecule has 0 saturated heterocycles. The number of hydrogen-bond donors (Lipinski definition) is 1. The minimum absolute atomic E-state index is 0.417. The molecule has 0 amide bonds. The molecule has 1 aliphatic rings. The molecular formula is C9H17NO. The first kappa shape index (κ1) is 8.60. The zero-order valence-electron chi connectivity index (χ0n) is 7.12. The van der Waals surface area contributed by atoms with E-state index in [1.807, 2.05) is 13.0 Å². The van der Waals surface area contributed by atoms with E-state index in [-0.39, 0.29) is 0 Å². The van der Waals surface area contributed by atoms with Crippen LogP contribution in [0.25, 0.3) is 0 Å². The summed E-state index contributed by atoms with van der Waals surface area (Å²) < 4.78 is 5.44. The Hall–Kier alpha value is -0.500. The molecule has 0 radical (unpaired) electrons. The van der Waals surface area contributed by atoms with E-state index in [0.29, 0.717) is 12.1 Å². The Morgan fingerprint density at radius 1 is 1.27 bits per heavy atom. The topological polar surface area (TPSA) is 35.2 Å². The van der Waals surface area contributed by atoms with Crippen LogP contribution in [0.2, 0.25) is 0 Å². The van der Waals surface area contributed by atoms with Gasteiger partial charge < -0.3 is 10.5 Å². The van der Waals surface area contributed by atoms with Crippen molar-refractivity contribution >= 4 is 0 Å². The quantitative estimate of drug-likeness (QED) is 0.617. The minimum Gasteiger partial charge on any atom is -0.498 e. The second-order valence-corrected chi connectivity index (χ2v) is 3.14. The Kier molecular flexibility index (Phi) is 3.43. The number of allylic oxidation sites excluding steroid dienone is 1. The van der Waals surface area contributed by atoms with Crippen LogP contribution < -0.4 is 5.73 Å². The van der Waals surface area contributed by atoms with E-state index >= 15 is 0 Å². The second kappa shape index (κ2) is 4.39. The molecule has 1 aliphatic carbocycles. The fourth-order valence-corrected chi connectivity index (χ4v) is 1.41. The Balaban J connectivity index is 2.17. The number of hydrogen-bond acceptors (Lipinski definition) is 2. The van der Waals surface area contributed by atoms with Crippen LogP contribution >= 0.6 is 0 Å². The Bertz CT molecular complexity index is 126. The second-order valence-electron chi connectivity index (χ2n) is 3.14. The van der Waals surface area contributed by atoms with Crippen LogP contribution in [-0.4, -0.2) is 12.1 Å². The summed E-state index contributed by atoms with van der Waals surface area (Å²) >= 11 is 0. The van der Waals surface area contributed by atoms with Crippen molar-refractivity contribution in [3.63, 3.8) is 0 Å². The molecule has 0 atom stereocenters. The van der Waals surface area contributed by atoms with Gasteiger partial charge in [0.25, 0.3) is 0 Å². The average molecular weight is 155 g/mol. The van der Waals surface area contributed by atoms with E-state index in [1.54, 1.807) is 6.26 Å². The first-order valence-electron chi connectivity index (χ1n) is 4.35. The summed E-state index contributed by atoms with van der Waals surface area (Å²) in [7, 11) is 0. The lowest BCUT2D eigenvalue weighted by Crippen LogP contribution is -2.29. The van der Waals surface area contributed by atoms with Gasteiger partial charge in [0.2, 0.25) is 0 Å². The van der Waals surface area contributed by atoms with Gasteiger partial charge in [-0.15, -0.1) is 0 Å². The zero-order valence-corrected chi connectivity index (χ0v) is 7.12. The van der Waals surface area contributed by atoms with Crippen molar-refractivity contribution in [2.45, 2.75) is 44.8 Å². The van der Waals surface area contributed by atoms with E-state index in [0.717, 1.165) is 25.7 Å². The van der Waals surface area contributed by atoms with Crippen LogP contribution in [0.4, 0.5) is 0 Å². The molecule has 1 rings (SSSR count). The Morgan fingerprint density at radius 2 is 1.91 bits per heavy atom. The lowest BCUT2D eigenvalue weighted by molar-refractivity contribution is 0.100. The van der Waals surface area contributed by atoms with Gasteiger partial charge in [0.05, 0.1) is 12.4 Å². The van der Waals surface area contributed by atoms with Crippen molar-refractivity contribution in [2.75, 3.05) is 0 Å². The smallest absolute Gasteiger partial charge is 0.0979 e. The summed E-state index contributed by atoms with van der Waals surface area (Å²) in [6.45, 7) is 1.97. The molecule has 2 nitrogen and oxygen atoms in total. The van der Waals surface area contributed by atoms with Gasteiger partial charge in [-0.3, -0.25) is 0 Å². The highest BCUT2D eigenvalue weighted by molar-refractivity contribution is 4.77. The number of rotatable bonds is 2. The molecule has 2 heteroatoms. The summed E-state index contributed by atoms with van der Waals surface area (Å²) in [5.74, 6) is 0. The molecular weight excluding hydrogens is 138 g/mol. The molecule has 0 aromatic carbocycles. The monoisotopic (exact) mass is 155 g/mol. The fourth-order valence-electron chi connectivity index (χ4n) is 1.41. The maximum Gasteiger partial charge on any atom is 0.0979 e. The van der Waals surface area contributed by atoms with Gasteiger partial charge in [-0.1, -0.05) is 6.08 Å². The summed E-state index contributed by atoms with van der Waals surface area (Å²) in [6.07, 6.45) is 8.59. The predicted octanol–water partition coefficient (Wildman–Crippen LogP) is 1.81. The van der Waals surface area contributed by atoms with Gasteiger partial charge in [-0.2, -0.15) is 0 Å². The standard InChI is InChI=1S/C9H17NO/c1-2-7-11-9-5-3-8(10)4-6-9/h2,7-9H,3-6,10H2,1H3/t8-,9-. The van der Waals surface area contributed by atoms with Gasteiger partial charge in [0.1, 0.15) is 0 Å². The van der Waals surface area contributed by atoms with Crippen LogP contribution in [0.5, 0.6) is 0 Å². The van der Waals surface area contributed by atoms with Crippen LogP contribution in [0.15, 0.2) is 12.3 Å². The average Bonchev–Trinajstić information content (AvgIpc) is 2.04. The van der Waals surface area contributed by atoms with Gasteiger partial charge >= 0.3 is 0 Å². The molecule has 0 aliphatic heterocycles. The molecule has 0 aromatic rings. The van der Waals surface area contributed by atoms with E-state index < -0.39 is 0 Å². The van der Waals surface area contributed by atoms with Crippen molar-refractivity contribution in [1.82, 2.24) is 0 Å². The summed E-state index contributed by atoms with van der Waals surface area (Å²) in [5.41, 5.74) is 5.75. The largest absolute Gasteiger partial charge is 0.498 e. The molecule has 0 unspecified atom stereocenters. The van der Waals surface area contributed by atoms with Crippen molar-refractivity contribution in [2.24, 2.45) is 5.73 Å². The lowest BCUT2D eigenvalue weighted by atomic mass is 9.94. The van der Waals surface area contributed by atoms with Crippen LogP contribution in [-0.2, 0) is 4.74 Å². The summed E-state index contributed by atoms with van der Waals surface area (Å²) in [6, 6.07) is 0.417. The van der Waals surface area contributed by atoms with Crippen LogP contribution in [0.1, 0.15) is 32.6 Å². The van der Waals surface area contributed by atoms with Crippen molar-refractivity contribution in [1.29, 1.82) is 0 Å². The van der Waals surface area contributed by atoms with Crippen molar-refractivity contribution in [3.8, 4) is 0 Å². The highest BCUT2D eigenvalue weighted by Gasteiger charge is 2.17. The zero-order chi connectivity index (χ0) is 8.10. The Morgan fingerprint density at radius 3 is 2.45 bits per heavy atom. The minimum atomic E-state index is 0.417. The molecule has 2 N–H and O–H groups in total. The highest BCUT2D eigenvalue weighted by atomic mass is 16.5. The Labute approximate surface area is 68.4 Å². The molecule has 64 valence electrons. The SMILES string of the molecule is CC=CO[C@H]1CC[C@H](N)CC1. The number of nitrogens with two attached hydrogens (primary N) is 1. The summed E-state index contributed by atoms with van der Waals surface area (Å²) in [4.78, 5) is 0. The predicted molar refractivity (Wildman–Crippen MR) is 46.1 cm³/mol. The molecule has 0 bridgehead atoms. The van der Waals surface area contributed by atoms with Crippen molar-refractivity contribution < 1.29 is 4.74 Å². The molecule has 1 saturated carbocycles. The van der Waals surface area contributed by atoms with Gasteiger partial charge in [-0.25, -0.2) is 0 Å². The van der Waals surface area contributed by atoms with E-state index in [4.69, 9.17) is 10.5 Å². The molecule has 0 spiro atoms. The van der Waals surface area contributed by atoms with Crippen LogP contribution in [0.3, 0.4) is 0 Å². The van der Waals surface area contributed by atoms with Gasteiger partial charge in [0.15, 0.2) is 0 Å². The first-order valence-corrected chi connectivity index (χ1v) is 4.35. The lowest BCUT2D eigenvalue weighted by Gasteiger charge is -2.25. The van der Waals surface area contributed by atoms with Crippen molar-refractivity contribution in [3.05, 3.63) is 12.3 Å². The third-order valence-electron chi connectivity index (χ3n) is 2.13. The van der Waals surface area contributed by atoms with Gasteiger partial charge in [0, 0.05) is 6.04 Å². The fraction of sp³-hybridized carbons (Fsp3) is 0.778. The maximum atomic E-state index is 5.75. The molecule has 1 fully saturated rings. The molecule has 0 heterocycles. The van der Waals surface area contributed by atoms with E-state index in [9.17, 15) is 0 Å². The first-order chi connectivity index (χ1) is 5.33. The van der Waals surface area contributed by atoms with Gasteiger partial charge in [-0.05, 0) is 32.6 Å². The molecule has 11 heavy (non-hydrogen) atoms. The third-order valence-corrected chi connectivity index (χ3v) is 2.13. The van der Waals surface area contributed by atoms with Crippen LogP contribution in [0, 0.1) is 0 Å². The number of ether oxygens (including phenoxy) is 1. The summed E-state index contributed by atoms with van der Waals surface area (Å²) in [5, 5.41) is 0. The highest BCUT2D eigenvalue weighted by Crippen LogP contribution is 2.19. The van der Waals surface area contributed by atoms with E-state index in [2.05, 4.69) is 0 Å². The third kappa shape index (κ3) is 2.93. The molecule has 0 aromatic heterocycles. The maximum absolute atomic E-state index is 5.75. The van der Waals surface area contributed by atoms with E-state index in [1.165, 1.54) is 0 Å². The normalized spacial score (nSPS) is 32.5.